The first-order chi connectivity index (χ1) is 8.52. The van der Waals surface area contributed by atoms with E-state index in [2.05, 4.69) is 18.8 Å². The maximum absolute atomic E-state index is 11.1. The van der Waals surface area contributed by atoms with Gasteiger partial charge in [-0.25, -0.2) is 4.98 Å². The average molecular weight is 245 g/mol. The molecule has 2 aromatic rings. The standard InChI is InChI=1S/C14H19N3O/c1-10(2)7-14-15-12(9-18)13-6-5-11(16(3)4)8-17(13)14/h5-6,8-10H,7H2,1-4H3. The van der Waals surface area contributed by atoms with Crippen molar-refractivity contribution in [1.82, 2.24) is 9.38 Å². The van der Waals surface area contributed by atoms with Gasteiger partial charge in [-0.1, -0.05) is 13.8 Å². The van der Waals surface area contributed by atoms with Gasteiger partial charge in [-0.05, 0) is 18.1 Å². The molecule has 0 aromatic carbocycles. The molecule has 96 valence electrons. The fourth-order valence-corrected chi connectivity index (χ4v) is 2.02. The number of hydrogen-bond donors (Lipinski definition) is 0. The molecule has 0 unspecified atom stereocenters. The molecule has 0 spiro atoms. The number of nitrogens with zero attached hydrogens (tertiary/aromatic N) is 3. The molecular formula is C14H19N3O. The van der Waals surface area contributed by atoms with Crippen LogP contribution in [0.25, 0.3) is 5.52 Å². The Hall–Kier alpha value is -1.84. The minimum Gasteiger partial charge on any atom is -0.376 e. The first-order valence-corrected chi connectivity index (χ1v) is 6.16. The van der Waals surface area contributed by atoms with E-state index in [0.717, 1.165) is 29.7 Å². The summed E-state index contributed by atoms with van der Waals surface area (Å²) in [5.74, 6) is 1.46. The number of imidazole rings is 1. The molecule has 0 saturated carbocycles. The van der Waals surface area contributed by atoms with Crippen molar-refractivity contribution in [3.63, 3.8) is 0 Å². The molecule has 4 heteroatoms. The van der Waals surface area contributed by atoms with Gasteiger partial charge in [-0.3, -0.25) is 4.79 Å². The highest BCUT2D eigenvalue weighted by Crippen LogP contribution is 2.19. The van der Waals surface area contributed by atoms with Crippen molar-refractivity contribution >= 4 is 17.5 Å². The van der Waals surface area contributed by atoms with Crippen molar-refractivity contribution in [2.45, 2.75) is 20.3 Å². The Labute approximate surface area is 107 Å². The van der Waals surface area contributed by atoms with E-state index in [1.54, 1.807) is 0 Å². The van der Waals surface area contributed by atoms with Crippen molar-refractivity contribution in [3.8, 4) is 0 Å². The third-order valence-corrected chi connectivity index (χ3v) is 2.94. The minimum absolute atomic E-state index is 0.512. The van der Waals surface area contributed by atoms with Gasteiger partial charge in [0.25, 0.3) is 0 Å². The lowest BCUT2D eigenvalue weighted by atomic mass is 10.1. The van der Waals surface area contributed by atoms with E-state index >= 15 is 0 Å². The van der Waals surface area contributed by atoms with Crippen LogP contribution in [0.4, 0.5) is 5.69 Å². The number of carbonyl (C=O) groups is 1. The molecule has 0 atom stereocenters. The molecule has 4 nitrogen and oxygen atoms in total. The molecule has 0 saturated heterocycles. The Bertz CT molecular complexity index is 570. The second-order valence-corrected chi connectivity index (χ2v) is 5.17. The van der Waals surface area contributed by atoms with Crippen LogP contribution in [0, 0.1) is 5.92 Å². The van der Waals surface area contributed by atoms with E-state index in [1.165, 1.54) is 0 Å². The van der Waals surface area contributed by atoms with E-state index in [9.17, 15) is 4.79 Å². The summed E-state index contributed by atoms with van der Waals surface area (Å²) in [5, 5.41) is 0. The fourth-order valence-electron chi connectivity index (χ4n) is 2.02. The highest BCUT2D eigenvalue weighted by atomic mass is 16.1. The predicted molar refractivity (Wildman–Crippen MR) is 73.4 cm³/mol. The lowest BCUT2D eigenvalue weighted by Gasteiger charge is -2.13. The van der Waals surface area contributed by atoms with E-state index in [0.29, 0.717) is 11.6 Å². The summed E-state index contributed by atoms with van der Waals surface area (Å²) in [4.78, 5) is 17.5. The number of fused-ring (bicyclic) bond motifs is 1. The molecule has 0 N–H and O–H groups in total. The quantitative estimate of drug-likeness (QED) is 0.776. The fraction of sp³-hybridized carbons (Fsp3) is 0.429. The third-order valence-electron chi connectivity index (χ3n) is 2.94. The van der Waals surface area contributed by atoms with E-state index in [-0.39, 0.29) is 0 Å². The number of pyridine rings is 1. The first kappa shape index (κ1) is 12.6. The molecular weight excluding hydrogens is 226 g/mol. The van der Waals surface area contributed by atoms with Crippen LogP contribution in [0.15, 0.2) is 18.3 Å². The van der Waals surface area contributed by atoms with Gasteiger partial charge in [-0.15, -0.1) is 0 Å². The van der Waals surface area contributed by atoms with E-state index < -0.39 is 0 Å². The molecule has 0 aliphatic heterocycles. The molecule has 0 radical (unpaired) electrons. The number of aromatic nitrogens is 2. The van der Waals surface area contributed by atoms with Gasteiger partial charge < -0.3 is 9.30 Å². The maximum Gasteiger partial charge on any atom is 0.170 e. The molecule has 0 amide bonds. The Balaban J connectivity index is 2.61. The minimum atomic E-state index is 0.512. The van der Waals surface area contributed by atoms with Crippen LogP contribution < -0.4 is 4.90 Å². The molecule has 0 aliphatic carbocycles. The summed E-state index contributed by atoms with van der Waals surface area (Å²) in [6.07, 6.45) is 3.73. The summed E-state index contributed by atoms with van der Waals surface area (Å²) < 4.78 is 2.03. The van der Waals surface area contributed by atoms with Crippen LogP contribution in [0.2, 0.25) is 0 Å². The number of aldehydes is 1. The van der Waals surface area contributed by atoms with Gasteiger partial charge in [-0.2, -0.15) is 0 Å². The number of anilines is 1. The van der Waals surface area contributed by atoms with Crippen LogP contribution in [0.5, 0.6) is 0 Å². The summed E-state index contributed by atoms with van der Waals surface area (Å²) >= 11 is 0. The summed E-state index contributed by atoms with van der Waals surface area (Å²) in [6.45, 7) is 4.30. The molecule has 0 bridgehead atoms. The van der Waals surface area contributed by atoms with Crippen LogP contribution >= 0.6 is 0 Å². The highest BCUT2D eigenvalue weighted by molar-refractivity contribution is 5.84. The maximum atomic E-state index is 11.1. The predicted octanol–water partition coefficient (Wildman–Crippen LogP) is 2.41. The van der Waals surface area contributed by atoms with Crippen molar-refractivity contribution in [2.24, 2.45) is 5.92 Å². The third kappa shape index (κ3) is 2.23. The van der Waals surface area contributed by atoms with Gasteiger partial charge in [0.15, 0.2) is 6.29 Å². The zero-order valence-corrected chi connectivity index (χ0v) is 11.3. The molecule has 2 heterocycles. The average Bonchev–Trinajstić information content (AvgIpc) is 2.66. The monoisotopic (exact) mass is 245 g/mol. The number of hydrogen-bond acceptors (Lipinski definition) is 3. The molecule has 0 aliphatic rings. The summed E-state index contributed by atoms with van der Waals surface area (Å²) in [7, 11) is 4.00. The SMILES string of the molecule is CC(C)Cc1nc(C=O)c2ccc(N(C)C)cn12. The number of carbonyl (C=O) groups excluding carboxylic acids is 1. The van der Waals surface area contributed by atoms with Crippen molar-refractivity contribution < 1.29 is 4.79 Å². The van der Waals surface area contributed by atoms with Gasteiger partial charge >= 0.3 is 0 Å². The Kier molecular flexibility index (Phi) is 3.36. The molecule has 2 rings (SSSR count). The van der Waals surface area contributed by atoms with Crippen molar-refractivity contribution in [1.29, 1.82) is 0 Å². The normalized spacial score (nSPS) is 11.2. The zero-order valence-electron chi connectivity index (χ0n) is 11.3. The van der Waals surface area contributed by atoms with Crippen LogP contribution in [0.1, 0.15) is 30.2 Å². The van der Waals surface area contributed by atoms with Crippen molar-refractivity contribution in [3.05, 3.63) is 29.8 Å². The first-order valence-electron chi connectivity index (χ1n) is 6.16. The van der Waals surface area contributed by atoms with E-state index in [4.69, 9.17) is 0 Å². The topological polar surface area (TPSA) is 37.6 Å². The number of rotatable bonds is 4. The zero-order chi connectivity index (χ0) is 13.3. The van der Waals surface area contributed by atoms with Gasteiger partial charge in [0.1, 0.15) is 11.5 Å². The van der Waals surface area contributed by atoms with Gasteiger partial charge in [0, 0.05) is 26.7 Å². The van der Waals surface area contributed by atoms with Crippen LogP contribution in [-0.4, -0.2) is 29.8 Å². The lowest BCUT2D eigenvalue weighted by molar-refractivity contribution is 0.112. The lowest BCUT2D eigenvalue weighted by Crippen LogP contribution is -2.10. The second-order valence-electron chi connectivity index (χ2n) is 5.17. The smallest absolute Gasteiger partial charge is 0.170 e. The van der Waals surface area contributed by atoms with Gasteiger partial charge in [0.05, 0.1) is 11.2 Å². The van der Waals surface area contributed by atoms with Crippen LogP contribution in [0.3, 0.4) is 0 Å². The Morgan fingerprint density at radius 2 is 2.11 bits per heavy atom. The molecule has 18 heavy (non-hydrogen) atoms. The van der Waals surface area contributed by atoms with Crippen LogP contribution in [-0.2, 0) is 6.42 Å². The molecule has 0 fully saturated rings. The Morgan fingerprint density at radius 3 is 2.67 bits per heavy atom. The summed E-state index contributed by atoms with van der Waals surface area (Å²) in [6, 6.07) is 3.96. The molecule has 2 aromatic heterocycles. The second kappa shape index (κ2) is 4.80. The van der Waals surface area contributed by atoms with Gasteiger partial charge in [0.2, 0.25) is 0 Å². The van der Waals surface area contributed by atoms with E-state index in [1.807, 2.05) is 41.7 Å². The largest absolute Gasteiger partial charge is 0.376 e. The summed E-state index contributed by atoms with van der Waals surface area (Å²) in [5.41, 5.74) is 2.50. The Morgan fingerprint density at radius 1 is 1.39 bits per heavy atom. The highest BCUT2D eigenvalue weighted by Gasteiger charge is 2.12. The van der Waals surface area contributed by atoms with Crippen molar-refractivity contribution in [2.75, 3.05) is 19.0 Å².